The van der Waals surface area contributed by atoms with Gasteiger partial charge in [-0.05, 0) is 12.1 Å². The number of hydrogen-bond acceptors (Lipinski definition) is 4. The van der Waals surface area contributed by atoms with Gasteiger partial charge < -0.3 is 25.2 Å². The highest BCUT2D eigenvalue weighted by Crippen LogP contribution is 2.07. The standard InChI is InChI=1S/C13H20N2O4/c16-9-7-15(8-10-17)13(18)14-6-11-19-12-4-2-1-3-5-12/h1-5,16-17H,6-11H2,(H,14,18). The highest BCUT2D eigenvalue weighted by Gasteiger charge is 2.11. The normalized spacial score (nSPS) is 10.0. The molecule has 0 atom stereocenters. The largest absolute Gasteiger partial charge is 0.492 e. The number of amides is 2. The van der Waals surface area contributed by atoms with E-state index in [0.717, 1.165) is 5.75 Å². The minimum atomic E-state index is -0.320. The van der Waals surface area contributed by atoms with Crippen LogP contribution >= 0.6 is 0 Å². The van der Waals surface area contributed by atoms with Crippen LogP contribution < -0.4 is 10.1 Å². The zero-order chi connectivity index (χ0) is 13.9. The molecule has 0 aromatic heterocycles. The fourth-order valence-corrected chi connectivity index (χ4v) is 1.51. The molecule has 6 nitrogen and oxygen atoms in total. The highest BCUT2D eigenvalue weighted by molar-refractivity contribution is 5.74. The number of para-hydroxylation sites is 1. The van der Waals surface area contributed by atoms with E-state index in [1.165, 1.54) is 4.90 Å². The SMILES string of the molecule is O=C(NCCOc1ccccc1)N(CCO)CCO. The number of nitrogens with zero attached hydrogens (tertiary/aromatic N) is 1. The van der Waals surface area contributed by atoms with Gasteiger partial charge in [-0.1, -0.05) is 18.2 Å². The summed E-state index contributed by atoms with van der Waals surface area (Å²) < 4.78 is 5.42. The van der Waals surface area contributed by atoms with E-state index in [2.05, 4.69) is 5.32 Å². The first-order valence-electron chi connectivity index (χ1n) is 6.20. The van der Waals surface area contributed by atoms with E-state index in [0.29, 0.717) is 13.2 Å². The minimum absolute atomic E-state index is 0.131. The van der Waals surface area contributed by atoms with Crippen molar-refractivity contribution in [3.63, 3.8) is 0 Å². The molecule has 1 rings (SSSR count). The van der Waals surface area contributed by atoms with Crippen molar-refractivity contribution in [3.05, 3.63) is 30.3 Å². The van der Waals surface area contributed by atoms with E-state index in [4.69, 9.17) is 14.9 Å². The van der Waals surface area contributed by atoms with E-state index >= 15 is 0 Å². The first kappa shape index (κ1) is 15.3. The summed E-state index contributed by atoms with van der Waals surface area (Å²) in [7, 11) is 0. The Balaban J connectivity index is 2.22. The van der Waals surface area contributed by atoms with Gasteiger partial charge in [0.1, 0.15) is 12.4 Å². The van der Waals surface area contributed by atoms with E-state index < -0.39 is 0 Å². The molecule has 3 N–H and O–H groups in total. The smallest absolute Gasteiger partial charge is 0.317 e. The number of aliphatic hydroxyl groups excluding tert-OH is 2. The molecule has 0 radical (unpaired) electrons. The monoisotopic (exact) mass is 268 g/mol. The molecule has 0 aliphatic carbocycles. The first-order chi connectivity index (χ1) is 9.27. The summed E-state index contributed by atoms with van der Waals surface area (Å²) in [6.07, 6.45) is 0. The summed E-state index contributed by atoms with van der Waals surface area (Å²) in [4.78, 5) is 13.0. The molecule has 0 spiro atoms. The van der Waals surface area contributed by atoms with Crippen molar-refractivity contribution in [2.45, 2.75) is 0 Å². The lowest BCUT2D eigenvalue weighted by Crippen LogP contribution is -2.44. The van der Waals surface area contributed by atoms with Crippen molar-refractivity contribution < 1.29 is 19.7 Å². The number of aliphatic hydroxyl groups is 2. The lowest BCUT2D eigenvalue weighted by molar-refractivity contribution is 0.157. The number of nitrogens with one attached hydrogen (secondary N) is 1. The van der Waals surface area contributed by atoms with Gasteiger partial charge in [-0.3, -0.25) is 0 Å². The molecule has 0 aliphatic heterocycles. The van der Waals surface area contributed by atoms with Crippen LogP contribution in [-0.4, -0.2) is 60.6 Å². The number of carbonyl (C=O) groups is 1. The van der Waals surface area contributed by atoms with Gasteiger partial charge >= 0.3 is 6.03 Å². The molecule has 1 aromatic carbocycles. The third-order valence-electron chi connectivity index (χ3n) is 2.42. The molecule has 2 amide bonds. The van der Waals surface area contributed by atoms with Crippen LogP contribution in [0, 0.1) is 0 Å². The third kappa shape index (κ3) is 6.08. The molecule has 0 unspecified atom stereocenters. The first-order valence-corrected chi connectivity index (χ1v) is 6.20. The minimum Gasteiger partial charge on any atom is -0.492 e. The molecule has 6 heteroatoms. The molecule has 0 heterocycles. The Morgan fingerprint density at radius 1 is 1.16 bits per heavy atom. The Hall–Kier alpha value is -1.79. The van der Waals surface area contributed by atoms with Gasteiger partial charge in [-0.25, -0.2) is 4.79 Å². The molecule has 19 heavy (non-hydrogen) atoms. The number of urea groups is 1. The third-order valence-corrected chi connectivity index (χ3v) is 2.42. The quantitative estimate of drug-likeness (QED) is 0.582. The second-order valence-electron chi connectivity index (χ2n) is 3.83. The second kappa shape index (κ2) is 9.18. The lowest BCUT2D eigenvalue weighted by atomic mass is 10.3. The van der Waals surface area contributed by atoms with Crippen LogP contribution in [0.15, 0.2) is 30.3 Å². The van der Waals surface area contributed by atoms with Crippen molar-refractivity contribution >= 4 is 6.03 Å². The average molecular weight is 268 g/mol. The van der Waals surface area contributed by atoms with Crippen LogP contribution in [0.4, 0.5) is 4.79 Å². The summed E-state index contributed by atoms with van der Waals surface area (Å²) in [6.45, 7) is 0.864. The van der Waals surface area contributed by atoms with Crippen LogP contribution in [-0.2, 0) is 0 Å². The maximum atomic E-state index is 11.7. The van der Waals surface area contributed by atoms with E-state index in [-0.39, 0.29) is 32.3 Å². The van der Waals surface area contributed by atoms with Crippen LogP contribution in [0.3, 0.4) is 0 Å². The van der Waals surface area contributed by atoms with E-state index in [9.17, 15) is 4.79 Å². The van der Waals surface area contributed by atoms with E-state index in [1.54, 1.807) is 0 Å². The number of rotatable bonds is 8. The summed E-state index contributed by atoms with van der Waals surface area (Å²) >= 11 is 0. The number of carbonyl (C=O) groups excluding carboxylic acids is 1. The van der Waals surface area contributed by atoms with Crippen molar-refractivity contribution in [2.24, 2.45) is 0 Å². The molecule has 0 saturated heterocycles. The molecule has 0 bridgehead atoms. The van der Waals surface area contributed by atoms with Crippen LogP contribution in [0.1, 0.15) is 0 Å². The summed E-state index contributed by atoms with van der Waals surface area (Å²) in [5.74, 6) is 0.749. The number of ether oxygens (including phenoxy) is 1. The van der Waals surface area contributed by atoms with Gasteiger partial charge in [-0.2, -0.15) is 0 Å². The second-order valence-corrected chi connectivity index (χ2v) is 3.83. The lowest BCUT2D eigenvalue weighted by Gasteiger charge is -2.21. The molecule has 1 aromatic rings. The van der Waals surface area contributed by atoms with Gasteiger partial charge in [-0.15, -0.1) is 0 Å². The van der Waals surface area contributed by atoms with Gasteiger partial charge in [0.05, 0.1) is 19.8 Å². The van der Waals surface area contributed by atoms with Gasteiger partial charge in [0.15, 0.2) is 0 Å². The van der Waals surface area contributed by atoms with Gasteiger partial charge in [0, 0.05) is 13.1 Å². The molecule has 0 fully saturated rings. The predicted octanol–water partition coefficient (Wildman–Crippen LogP) is 0.0616. The zero-order valence-electron chi connectivity index (χ0n) is 10.8. The number of benzene rings is 1. The van der Waals surface area contributed by atoms with Crippen LogP contribution in [0.5, 0.6) is 5.75 Å². The Labute approximate surface area is 112 Å². The van der Waals surface area contributed by atoms with Crippen LogP contribution in [0.2, 0.25) is 0 Å². The Bertz CT molecular complexity index is 353. The van der Waals surface area contributed by atoms with Crippen molar-refractivity contribution in [1.29, 1.82) is 0 Å². The van der Waals surface area contributed by atoms with Crippen molar-refractivity contribution in [1.82, 2.24) is 10.2 Å². The van der Waals surface area contributed by atoms with Gasteiger partial charge in [0.25, 0.3) is 0 Å². The predicted molar refractivity (Wildman–Crippen MR) is 71.1 cm³/mol. The van der Waals surface area contributed by atoms with Gasteiger partial charge in [0.2, 0.25) is 0 Å². The molecular formula is C13H20N2O4. The summed E-state index contributed by atoms with van der Waals surface area (Å²) in [5.41, 5.74) is 0. The Morgan fingerprint density at radius 2 is 1.79 bits per heavy atom. The number of hydrogen-bond donors (Lipinski definition) is 3. The summed E-state index contributed by atoms with van der Waals surface area (Å²) in [6, 6.07) is 9.00. The fraction of sp³-hybridized carbons (Fsp3) is 0.462. The molecular weight excluding hydrogens is 248 g/mol. The Kier molecular flexibility index (Phi) is 7.38. The van der Waals surface area contributed by atoms with Crippen LogP contribution in [0.25, 0.3) is 0 Å². The van der Waals surface area contributed by atoms with Crippen molar-refractivity contribution in [3.8, 4) is 5.75 Å². The van der Waals surface area contributed by atoms with Crippen molar-refractivity contribution in [2.75, 3.05) is 39.5 Å². The molecule has 0 saturated carbocycles. The molecule has 106 valence electrons. The average Bonchev–Trinajstić information content (AvgIpc) is 2.44. The maximum Gasteiger partial charge on any atom is 0.317 e. The summed E-state index contributed by atoms with van der Waals surface area (Å²) in [5, 5.41) is 20.3. The zero-order valence-corrected chi connectivity index (χ0v) is 10.8. The maximum absolute atomic E-state index is 11.7. The molecule has 0 aliphatic rings. The highest BCUT2D eigenvalue weighted by atomic mass is 16.5. The Morgan fingerprint density at radius 3 is 2.37 bits per heavy atom. The topological polar surface area (TPSA) is 82.0 Å². The van der Waals surface area contributed by atoms with E-state index in [1.807, 2.05) is 30.3 Å². The fourth-order valence-electron chi connectivity index (χ4n) is 1.51.